The highest BCUT2D eigenvalue weighted by molar-refractivity contribution is 6.30. The van der Waals surface area contributed by atoms with Crippen LogP contribution in [0.3, 0.4) is 0 Å². The van der Waals surface area contributed by atoms with Crippen molar-refractivity contribution in [2.45, 2.75) is 26.0 Å². The van der Waals surface area contributed by atoms with Gasteiger partial charge in [0.25, 0.3) is 5.91 Å². The minimum absolute atomic E-state index is 0.276. The first kappa shape index (κ1) is 20.3. The summed E-state index contributed by atoms with van der Waals surface area (Å²) >= 11 is 5.93. The Morgan fingerprint density at radius 3 is 2.52 bits per heavy atom. The van der Waals surface area contributed by atoms with Gasteiger partial charge in [-0.15, -0.1) is 0 Å². The van der Waals surface area contributed by atoms with Crippen molar-refractivity contribution in [1.29, 1.82) is 5.26 Å². The minimum atomic E-state index is -0.893. The average Bonchev–Trinajstić information content (AvgIpc) is 2.66. The van der Waals surface area contributed by atoms with Crippen LogP contribution in [0.2, 0.25) is 5.02 Å². The summed E-state index contributed by atoms with van der Waals surface area (Å²) in [6.45, 7) is 2.92. The summed E-state index contributed by atoms with van der Waals surface area (Å²) in [6.07, 6.45) is -0.893. The molecule has 0 radical (unpaired) electrons. The number of amides is 1. The number of halogens is 1. The van der Waals surface area contributed by atoms with E-state index in [1.807, 2.05) is 19.1 Å². The fourth-order valence-corrected chi connectivity index (χ4v) is 2.46. The number of carbonyl (C=O) groups excluding carboxylic acids is 2. The normalized spacial score (nSPS) is 12.4. The van der Waals surface area contributed by atoms with Gasteiger partial charge in [0.05, 0.1) is 17.7 Å². The lowest BCUT2D eigenvalue weighted by Gasteiger charge is -2.16. The van der Waals surface area contributed by atoms with E-state index in [-0.39, 0.29) is 6.04 Å². The zero-order valence-electron chi connectivity index (χ0n) is 14.9. The van der Waals surface area contributed by atoms with Crippen LogP contribution in [-0.4, -0.2) is 24.6 Å². The molecule has 1 amide bonds. The predicted octanol–water partition coefficient (Wildman–Crippen LogP) is 3.40. The van der Waals surface area contributed by atoms with Crippen molar-refractivity contribution < 1.29 is 19.1 Å². The summed E-state index contributed by atoms with van der Waals surface area (Å²) in [7, 11) is 0. The maximum atomic E-state index is 12.0. The first-order chi connectivity index (χ1) is 12.9. The monoisotopic (exact) mass is 386 g/mol. The van der Waals surface area contributed by atoms with Crippen LogP contribution >= 0.6 is 11.6 Å². The summed E-state index contributed by atoms with van der Waals surface area (Å²) in [5, 5.41) is 12.1. The van der Waals surface area contributed by atoms with E-state index in [2.05, 4.69) is 5.32 Å². The molecule has 1 N–H and O–H groups in total. The van der Waals surface area contributed by atoms with E-state index in [1.165, 1.54) is 6.92 Å². The third kappa shape index (κ3) is 6.32. The Labute approximate surface area is 162 Å². The highest BCUT2D eigenvalue weighted by Gasteiger charge is 2.18. The van der Waals surface area contributed by atoms with E-state index in [4.69, 9.17) is 26.3 Å². The number of hydrogen-bond acceptors (Lipinski definition) is 5. The molecule has 2 atom stereocenters. The Morgan fingerprint density at radius 1 is 1.19 bits per heavy atom. The van der Waals surface area contributed by atoms with Crippen molar-refractivity contribution in [3.63, 3.8) is 0 Å². The number of rotatable bonds is 7. The van der Waals surface area contributed by atoms with Gasteiger partial charge in [0.1, 0.15) is 5.75 Å². The van der Waals surface area contributed by atoms with Gasteiger partial charge in [0.15, 0.2) is 12.7 Å². The molecule has 27 heavy (non-hydrogen) atoms. The molecule has 0 saturated heterocycles. The summed E-state index contributed by atoms with van der Waals surface area (Å²) < 4.78 is 10.4. The highest BCUT2D eigenvalue weighted by atomic mass is 35.5. The molecule has 6 nitrogen and oxygen atoms in total. The van der Waals surface area contributed by atoms with Crippen molar-refractivity contribution in [3.05, 3.63) is 64.7 Å². The number of nitrogens with zero attached hydrogens (tertiary/aromatic N) is 1. The Balaban J connectivity index is 1.79. The second-order valence-corrected chi connectivity index (χ2v) is 6.28. The quantitative estimate of drug-likeness (QED) is 0.737. The molecular formula is C20H19ClN2O4. The molecule has 0 heterocycles. The number of nitriles is 1. The van der Waals surface area contributed by atoms with Crippen LogP contribution < -0.4 is 10.1 Å². The third-order valence-corrected chi connectivity index (χ3v) is 3.93. The van der Waals surface area contributed by atoms with Crippen LogP contribution in [0.15, 0.2) is 48.5 Å². The molecule has 2 aromatic rings. The summed E-state index contributed by atoms with van der Waals surface area (Å²) in [5.41, 5.74) is 1.34. The molecule has 140 valence electrons. The van der Waals surface area contributed by atoms with Gasteiger partial charge >= 0.3 is 5.97 Å². The fraction of sp³-hybridized carbons (Fsp3) is 0.250. The zero-order valence-corrected chi connectivity index (χ0v) is 15.7. The maximum Gasteiger partial charge on any atom is 0.347 e. The first-order valence-corrected chi connectivity index (χ1v) is 8.65. The van der Waals surface area contributed by atoms with Gasteiger partial charge in [-0.25, -0.2) is 4.79 Å². The van der Waals surface area contributed by atoms with Gasteiger partial charge < -0.3 is 14.8 Å². The van der Waals surface area contributed by atoms with Crippen LogP contribution in [0, 0.1) is 11.3 Å². The van der Waals surface area contributed by atoms with Crippen molar-refractivity contribution >= 4 is 23.5 Å². The van der Waals surface area contributed by atoms with Crippen molar-refractivity contribution in [2.24, 2.45) is 0 Å². The molecular weight excluding hydrogens is 368 g/mol. The Bertz CT molecular complexity index is 846. The lowest BCUT2D eigenvalue weighted by atomic mass is 10.1. The molecule has 0 aromatic heterocycles. The summed E-state index contributed by atoms with van der Waals surface area (Å²) in [5.74, 6) is -0.663. The van der Waals surface area contributed by atoms with Crippen molar-refractivity contribution in [3.8, 4) is 11.8 Å². The number of ether oxygens (including phenoxy) is 2. The molecule has 2 rings (SSSR count). The second kappa shape index (κ2) is 9.60. The molecule has 2 aromatic carbocycles. The number of nitrogens with one attached hydrogen (secondary N) is 1. The maximum absolute atomic E-state index is 12.0. The Hall–Kier alpha value is -3.04. The molecule has 0 unspecified atom stereocenters. The molecule has 0 bridgehead atoms. The third-order valence-electron chi connectivity index (χ3n) is 3.70. The molecule has 0 aliphatic heterocycles. The van der Waals surface area contributed by atoms with Gasteiger partial charge in [0.2, 0.25) is 0 Å². The second-order valence-electron chi connectivity index (χ2n) is 5.85. The van der Waals surface area contributed by atoms with Crippen LogP contribution in [0.1, 0.15) is 31.0 Å². The topological polar surface area (TPSA) is 88.4 Å². The van der Waals surface area contributed by atoms with E-state index in [9.17, 15) is 9.59 Å². The van der Waals surface area contributed by atoms with Crippen molar-refractivity contribution in [1.82, 2.24) is 5.32 Å². The SMILES string of the molecule is C[C@H](Oc1ccc(C#N)cc1)C(=O)OCC(=O)N[C@H](C)c1cccc(Cl)c1. The fourth-order valence-electron chi connectivity index (χ4n) is 2.26. The highest BCUT2D eigenvalue weighted by Crippen LogP contribution is 2.17. The van der Waals surface area contributed by atoms with Crippen molar-refractivity contribution in [2.75, 3.05) is 6.61 Å². The van der Waals surface area contributed by atoms with E-state index in [0.29, 0.717) is 16.3 Å². The standard InChI is InChI=1S/C20H19ClN2O4/c1-13(16-4-3-5-17(21)10-16)23-19(24)12-26-20(25)14(2)27-18-8-6-15(11-22)7-9-18/h3-10,13-14H,12H2,1-2H3,(H,23,24)/t13-,14+/m1/s1. The van der Waals surface area contributed by atoms with E-state index >= 15 is 0 Å². The molecule has 7 heteroatoms. The number of carbonyl (C=O) groups is 2. The molecule has 0 spiro atoms. The Morgan fingerprint density at radius 2 is 1.89 bits per heavy atom. The smallest absolute Gasteiger partial charge is 0.347 e. The summed E-state index contributed by atoms with van der Waals surface area (Å²) in [6, 6.07) is 15.2. The number of esters is 1. The van der Waals surface area contributed by atoms with Gasteiger partial charge in [0, 0.05) is 5.02 Å². The predicted molar refractivity (Wildman–Crippen MR) is 100 cm³/mol. The van der Waals surface area contributed by atoms with E-state index in [1.54, 1.807) is 42.5 Å². The van der Waals surface area contributed by atoms with Gasteiger partial charge in [-0.2, -0.15) is 5.26 Å². The largest absolute Gasteiger partial charge is 0.479 e. The first-order valence-electron chi connectivity index (χ1n) is 8.27. The van der Waals surface area contributed by atoms with E-state index < -0.39 is 24.6 Å². The van der Waals surface area contributed by atoms with Crippen LogP contribution in [0.5, 0.6) is 5.75 Å². The van der Waals surface area contributed by atoms with Crippen LogP contribution in [0.4, 0.5) is 0 Å². The van der Waals surface area contributed by atoms with Gasteiger partial charge in [-0.1, -0.05) is 23.7 Å². The molecule has 0 aliphatic carbocycles. The van der Waals surface area contributed by atoms with Gasteiger partial charge in [-0.3, -0.25) is 4.79 Å². The Kier molecular flexibility index (Phi) is 7.21. The van der Waals surface area contributed by atoms with E-state index in [0.717, 1.165) is 5.56 Å². The number of hydrogen-bond donors (Lipinski definition) is 1. The lowest BCUT2D eigenvalue weighted by Crippen LogP contribution is -2.34. The molecule has 0 aliphatic rings. The van der Waals surface area contributed by atoms with Crippen LogP contribution in [-0.2, 0) is 14.3 Å². The van der Waals surface area contributed by atoms with Gasteiger partial charge in [-0.05, 0) is 55.8 Å². The summed E-state index contributed by atoms with van der Waals surface area (Å²) in [4.78, 5) is 24.0. The zero-order chi connectivity index (χ0) is 19.8. The minimum Gasteiger partial charge on any atom is -0.479 e. The molecule has 0 saturated carbocycles. The average molecular weight is 387 g/mol. The lowest BCUT2D eigenvalue weighted by molar-refractivity contribution is -0.154. The number of benzene rings is 2. The molecule has 0 fully saturated rings. The van der Waals surface area contributed by atoms with Crippen LogP contribution in [0.25, 0.3) is 0 Å².